The maximum atomic E-state index is 12.3. The molecule has 0 saturated carbocycles. The molecule has 0 unspecified atom stereocenters. The molecule has 2 aromatic heterocycles. The molecular weight excluding hydrogens is 522 g/mol. The van der Waals surface area contributed by atoms with Crippen LogP contribution in [-0.2, 0) is 9.47 Å². The highest BCUT2D eigenvalue weighted by Crippen LogP contribution is 2.30. The first kappa shape index (κ1) is 27.9. The van der Waals surface area contributed by atoms with Crippen molar-refractivity contribution in [1.29, 1.82) is 0 Å². The average Bonchev–Trinajstić information content (AvgIpc) is 3.36. The molecule has 0 atom stereocenters. The third-order valence-electron chi connectivity index (χ3n) is 7.01. The van der Waals surface area contributed by atoms with Gasteiger partial charge in [0, 0.05) is 41.6 Å². The van der Waals surface area contributed by atoms with Gasteiger partial charge in [-0.1, -0.05) is 6.07 Å². The molecule has 4 aromatic rings. The monoisotopic (exact) mass is 557 g/mol. The van der Waals surface area contributed by atoms with E-state index in [9.17, 15) is 9.59 Å². The summed E-state index contributed by atoms with van der Waals surface area (Å²) in [5.74, 6) is 0.590. The Morgan fingerprint density at radius 1 is 1.02 bits per heavy atom. The lowest BCUT2D eigenvalue weighted by atomic mass is 9.89. The van der Waals surface area contributed by atoms with Crippen molar-refractivity contribution in [3.05, 3.63) is 66.4 Å². The summed E-state index contributed by atoms with van der Waals surface area (Å²) in [5.41, 5.74) is 2.76. The van der Waals surface area contributed by atoms with Crippen molar-refractivity contribution in [2.24, 2.45) is 0 Å². The Balaban J connectivity index is 1.21. The lowest BCUT2D eigenvalue weighted by Crippen LogP contribution is -2.54. The average molecular weight is 558 g/mol. The third kappa shape index (κ3) is 6.77. The molecule has 10 heteroatoms. The number of esters is 1. The summed E-state index contributed by atoms with van der Waals surface area (Å²) in [5, 5.41) is 7.17. The number of nitrogens with zero attached hydrogens (tertiary/aromatic N) is 3. The fraction of sp³-hybridized carbons (Fsp3) is 0.355. The molecular formula is C31H35N5O5. The van der Waals surface area contributed by atoms with Gasteiger partial charge in [0.15, 0.2) is 5.76 Å². The number of carbonyl (C=O) groups excluding carboxylic acids is 2. The largest absolute Gasteiger partial charge is 0.465 e. The van der Waals surface area contributed by atoms with Crippen molar-refractivity contribution in [2.45, 2.75) is 51.7 Å². The summed E-state index contributed by atoms with van der Waals surface area (Å²) in [6, 6.07) is 16.9. The third-order valence-corrected chi connectivity index (χ3v) is 7.01. The van der Waals surface area contributed by atoms with Crippen LogP contribution >= 0.6 is 0 Å². The number of furan rings is 1. The minimum absolute atomic E-state index is 0.299. The van der Waals surface area contributed by atoms with Gasteiger partial charge in [0.1, 0.15) is 16.9 Å². The number of alkyl carbamates (subject to hydrolysis) is 1. The van der Waals surface area contributed by atoms with Crippen LogP contribution in [0.15, 0.2) is 65.2 Å². The summed E-state index contributed by atoms with van der Waals surface area (Å²) in [6.45, 7) is 9.31. The van der Waals surface area contributed by atoms with E-state index >= 15 is 0 Å². The van der Waals surface area contributed by atoms with Crippen LogP contribution in [0, 0.1) is 0 Å². The van der Waals surface area contributed by atoms with Crippen LogP contribution < -0.4 is 15.5 Å². The van der Waals surface area contributed by atoms with Gasteiger partial charge in [-0.15, -0.1) is 0 Å². The predicted octanol–water partition coefficient (Wildman–Crippen LogP) is 6.30. The maximum absolute atomic E-state index is 12.3. The van der Waals surface area contributed by atoms with Crippen LogP contribution in [0.2, 0.25) is 0 Å². The fourth-order valence-corrected chi connectivity index (χ4v) is 4.78. The fourth-order valence-electron chi connectivity index (χ4n) is 4.78. The molecule has 0 bridgehead atoms. The van der Waals surface area contributed by atoms with E-state index in [0.29, 0.717) is 28.5 Å². The highest BCUT2D eigenvalue weighted by Gasteiger charge is 2.33. The zero-order valence-electron chi connectivity index (χ0n) is 24.0. The van der Waals surface area contributed by atoms with Gasteiger partial charge in [0.2, 0.25) is 5.95 Å². The van der Waals surface area contributed by atoms with Gasteiger partial charge in [0.25, 0.3) is 0 Å². The summed E-state index contributed by atoms with van der Waals surface area (Å²) in [6.07, 6.45) is 2.93. The number of rotatable bonds is 6. The highest BCUT2D eigenvalue weighted by molar-refractivity contribution is 5.94. The van der Waals surface area contributed by atoms with Crippen LogP contribution in [0.4, 0.5) is 22.1 Å². The number of anilines is 3. The molecule has 1 aliphatic rings. The van der Waals surface area contributed by atoms with Gasteiger partial charge in [-0.2, -0.15) is 0 Å². The number of nitrogens with one attached hydrogen (secondary N) is 2. The van der Waals surface area contributed by atoms with Gasteiger partial charge in [-0.05, 0) is 89.1 Å². The SMILES string of the molecule is COC(=O)c1ccc2cc(-c3ccnc(Nc4ccc(N5CCC(C)(NC(=O)OC(C)(C)C)CC5)cc4)n3)oc2c1. The Morgan fingerprint density at radius 3 is 2.44 bits per heavy atom. The summed E-state index contributed by atoms with van der Waals surface area (Å²) >= 11 is 0. The van der Waals surface area contributed by atoms with E-state index in [2.05, 4.69) is 44.6 Å². The first-order chi connectivity index (χ1) is 19.5. The summed E-state index contributed by atoms with van der Waals surface area (Å²) in [4.78, 5) is 35.4. The summed E-state index contributed by atoms with van der Waals surface area (Å²) in [7, 11) is 1.35. The van der Waals surface area contributed by atoms with Crippen LogP contribution in [-0.4, -0.2) is 53.4 Å². The number of amides is 1. The number of ether oxygens (including phenoxy) is 2. The molecule has 5 rings (SSSR count). The first-order valence-corrected chi connectivity index (χ1v) is 13.6. The Kier molecular flexibility index (Phi) is 7.57. The van der Waals surface area contributed by atoms with Gasteiger partial charge >= 0.3 is 12.1 Å². The lowest BCUT2D eigenvalue weighted by Gasteiger charge is -2.41. The first-order valence-electron chi connectivity index (χ1n) is 13.6. The number of methoxy groups -OCH3 is 1. The molecule has 2 N–H and O–H groups in total. The molecule has 214 valence electrons. The number of benzene rings is 2. The Bertz CT molecular complexity index is 1550. The molecule has 3 heterocycles. The van der Waals surface area contributed by atoms with E-state index < -0.39 is 11.6 Å². The smallest absolute Gasteiger partial charge is 0.408 e. The van der Waals surface area contributed by atoms with E-state index in [4.69, 9.17) is 13.9 Å². The molecule has 1 saturated heterocycles. The van der Waals surface area contributed by atoms with E-state index in [1.54, 1.807) is 24.4 Å². The number of hydrogen-bond acceptors (Lipinski definition) is 9. The normalized spacial score (nSPS) is 14.9. The molecule has 0 aliphatic carbocycles. The Labute approximate surface area is 239 Å². The van der Waals surface area contributed by atoms with E-state index in [1.165, 1.54) is 7.11 Å². The number of aromatic nitrogens is 2. The van der Waals surface area contributed by atoms with Crippen LogP contribution in [0.25, 0.3) is 22.4 Å². The Morgan fingerprint density at radius 2 is 1.76 bits per heavy atom. The number of carbonyl (C=O) groups is 2. The van der Waals surface area contributed by atoms with Crippen molar-refractivity contribution in [3.8, 4) is 11.5 Å². The highest BCUT2D eigenvalue weighted by atomic mass is 16.6. The zero-order chi connectivity index (χ0) is 29.2. The van der Waals surface area contributed by atoms with Gasteiger partial charge in [-0.3, -0.25) is 0 Å². The lowest BCUT2D eigenvalue weighted by molar-refractivity contribution is 0.0447. The van der Waals surface area contributed by atoms with Crippen molar-refractivity contribution < 1.29 is 23.5 Å². The second kappa shape index (κ2) is 11.1. The molecule has 1 aliphatic heterocycles. The topological polar surface area (TPSA) is 119 Å². The van der Waals surface area contributed by atoms with Crippen LogP contribution in [0.1, 0.15) is 50.9 Å². The minimum atomic E-state index is -0.520. The Hall–Kier alpha value is -4.60. The molecule has 1 fully saturated rings. The second-order valence-electron chi connectivity index (χ2n) is 11.5. The maximum Gasteiger partial charge on any atom is 0.408 e. The molecule has 0 radical (unpaired) electrons. The standard InChI is InChI=1S/C31H35N5O5/c1-30(2,3)41-29(38)35-31(4)13-16-36(17-14-31)23-10-8-22(9-11-23)33-28-32-15-12-24(34-28)26-18-20-6-7-21(27(37)39-5)19-25(20)40-26/h6-12,15,18-19H,13-14,16-17H2,1-5H3,(H,35,38)(H,32,33,34). The number of hydrogen-bond donors (Lipinski definition) is 2. The van der Waals surface area contributed by atoms with E-state index in [0.717, 1.165) is 42.7 Å². The van der Waals surface area contributed by atoms with Crippen LogP contribution in [0.5, 0.6) is 0 Å². The predicted molar refractivity (Wildman–Crippen MR) is 158 cm³/mol. The number of piperidine rings is 1. The summed E-state index contributed by atoms with van der Waals surface area (Å²) < 4.78 is 16.2. The van der Waals surface area contributed by atoms with Crippen molar-refractivity contribution in [2.75, 3.05) is 30.4 Å². The molecule has 1 amide bonds. The molecule has 41 heavy (non-hydrogen) atoms. The van der Waals surface area contributed by atoms with Gasteiger partial charge in [-0.25, -0.2) is 19.6 Å². The van der Waals surface area contributed by atoms with E-state index in [1.807, 2.05) is 45.0 Å². The van der Waals surface area contributed by atoms with Gasteiger partial charge < -0.3 is 29.4 Å². The minimum Gasteiger partial charge on any atom is -0.465 e. The number of fused-ring (bicyclic) bond motifs is 1. The zero-order valence-corrected chi connectivity index (χ0v) is 24.0. The quantitative estimate of drug-likeness (QED) is 0.263. The molecule has 0 spiro atoms. The van der Waals surface area contributed by atoms with Gasteiger partial charge in [0.05, 0.1) is 12.7 Å². The van der Waals surface area contributed by atoms with E-state index in [-0.39, 0.29) is 11.6 Å². The second-order valence-corrected chi connectivity index (χ2v) is 11.5. The van der Waals surface area contributed by atoms with Crippen molar-refractivity contribution in [1.82, 2.24) is 15.3 Å². The van der Waals surface area contributed by atoms with Crippen LogP contribution in [0.3, 0.4) is 0 Å². The van der Waals surface area contributed by atoms with Crippen molar-refractivity contribution in [3.63, 3.8) is 0 Å². The molecule has 10 nitrogen and oxygen atoms in total. The van der Waals surface area contributed by atoms with Crippen molar-refractivity contribution >= 4 is 40.4 Å². The molecule has 2 aromatic carbocycles.